The van der Waals surface area contributed by atoms with Gasteiger partial charge in [-0.1, -0.05) is 107 Å². The van der Waals surface area contributed by atoms with Crippen molar-refractivity contribution >= 4 is 63.1 Å². The SMILES string of the molecule is CC(C)C[C@H](N[C@H](CCN1C(=O)c2ccc(O)cc2C1=O)C(=O)OC(=O)[C@@H](CCN1C(=O)c2ccc(NS(=O)(=O)c3ccccc3)cc2C1=O)N[C@@H](CC(C)C)C(=O)NCc1ccccc1)C(=O)NCc1ccccc1. The maximum absolute atomic E-state index is 14.6. The van der Waals surface area contributed by atoms with Gasteiger partial charge in [0, 0.05) is 31.9 Å². The van der Waals surface area contributed by atoms with Gasteiger partial charge in [0.25, 0.3) is 33.7 Å². The van der Waals surface area contributed by atoms with Gasteiger partial charge in [0.15, 0.2) is 0 Å². The number of ether oxygens (including phenoxy) is 1. The second-order valence-corrected chi connectivity index (χ2v) is 21.1. The van der Waals surface area contributed by atoms with Crippen LogP contribution in [0.2, 0.25) is 0 Å². The van der Waals surface area contributed by atoms with Crippen molar-refractivity contribution in [1.29, 1.82) is 0 Å². The van der Waals surface area contributed by atoms with Crippen molar-refractivity contribution in [1.82, 2.24) is 31.1 Å². The number of nitrogens with zero attached hydrogens (tertiary/aromatic N) is 2. The number of carbonyl (C=O) groups excluding carboxylic acids is 8. The molecule has 0 saturated heterocycles. The van der Waals surface area contributed by atoms with E-state index >= 15 is 0 Å². The summed E-state index contributed by atoms with van der Waals surface area (Å²) in [6, 6.07) is 28.2. The van der Waals surface area contributed by atoms with Crippen molar-refractivity contribution in [2.45, 2.75) is 95.5 Å². The number of sulfonamides is 1. The Labute approximate surface area is 440 Å². The van der Waals surface area contributed by atoms with Crippen molar-refractivity contribution in [3.63, 3.8) is 0 Å². The van der Waals surface area contributed by atoms with E-state index in [1.165, 1.54) is 42.5 Å². The van der Waals surface area contributed by atoms with Gasteiger partial charge >= 0.3 is 11.9 Å². The third-order valence-electron chi connectivity index (χ3n) is 12.8. The molecular formula is C56H61N7O12S. The van der Waals surface area contributed by atoms with Gasteiger partial charge in [-0.25, -0.2) is 18.0 Å². The Kier molecular flexibility index (Phi) is 18.3. The molecule has 5 aromatic carbocycles. The highest BCUT2D eigenvalue weighted by Gasteiger charge is 2.40. The highest BCUT2D eigenvalue weighted by Crippen LogP contribution is 2.29. The predicted molar refractivity (Wildman–Crippen MR) is 280 cm³/mol. The monoisotopic (exact) mass is 1060 g/mol. The van der Waals surface area contributed by atoms with E-state index in [1.807, 2.05) is 88.4 Å². The number of rotatable bonds is 25. The van der Waals surface area contributed by atoms with Crippen molar-refractivity contribution in [2.75, 3.05) is 17.8 Å². The number of aromatic hydroxyl groups is 1. The molecule has 2 aliphatic rings. The van der Waals surface area contributed by atoms with Crippen LogP contribution in [0, 0.1) is 11.8 Å². The van der Waals surface area contributed by atoms with Crippen LogP contribution in [-0.4, -0.2) is 108 Å². The fraction of sp³-hybridized carbons (Fsp3) is 0.321. The van der Waals surface area contributed by atoms with Crippen LogP contribution < -0.4 is 26.0 Å². The van der Waals surface area contributed by atoms with Crippen molar-refractivity contribution in [2.24, 2.45) is 11.8 Å². The molecule has 2 aliphatic heterocycles. The molecule has 0 unspecified atom stereocenters. The molecule has 0 aromatic heterocycles. The average molecular weight is 1060 g/mol. The molecule has 0 saturated carbocycles. The Hall–Kier alpha value is -8.07. The van der Waals surface area contributed by atoms with Gasteiger partial charge < -0.3 is 20.5 Å². The van der Waals surface area contributed by atoms with Gasteiger partial charge in [-0.3, -0.25) is 53.9 Å². The Morgan fingerprint density at radius 3 is 1.38 bits per heavy atom. The second kappa shape index (κ2) is 25.0. The summed E-state index contributed by atoms with van der Waals surface area (Å²) in [6.07, 6.45) is -0.350. The zero-order valence-electron chi connectivity index (χ0n) is 42.5. The van der Waals surface area contributed by atoms with E-state index < -0.39 is 88.1 Å². The second-order valence-electron chi connectivity index (χ2n) is 19.5. The third kappa shape index (κ3) is 14.0. The summed E-state index contributed by atoms with van der Waals surface area (Å²) in [4.78, 5) is 114. The lowest BCUT2D eigenvalue weighted by molar-refractivity contribution is -0.163. The standard InChI is InChI=1S/C56H61N7O12S/c1-34(2)28-47(49(65)57-32-36-14-8-5-9-15-36)59-45(24-26-62-51(67)41-22-20-38(30-43(41)53(62)69)61-76(73,74)40-18-12-7-13-19-40)55(71)75-56(72)46(25-27-63-52(68)42-23-21-39(64)31-44(42)54(63)70)60-48(29-35(3)4)50(66)58-33-37-16-10-6-11-17-37/h5-23,30-31,34-35,45-48,59-61,64H,24-29,32-33H2,1-4H3,(H,57,65)(H,58,66)/t45-,46-,47+,48+/m1/s1. The maximum Gasteiger partial charge on any atom is 0.330 e. The molecule has 0 radical (unpaired) electrons. The number of anilines is 1. The maximum atomic E-state index is 14.6. The number of hydrogen-bond donors (Lipinski definition) is 6. The van der Waals surface area contributed by atoms with E-state index in [9.17, 15) is 51.9 Å². The molecule has 398 valence electrons. The normalized spacial score (nSPS) is 14.8. The number of benzene rings is 5. The molecule has 7 rings (SSSR count). The minimum atomic E-state index is -4.07. The average Bonchev–Trinajstić information content (AvgIpc) is 3.78. The molecule has 0 fully saturated rings. The number of imide groups is 2. The fourth-order valence-electron chi connectivity index (χ4n) is 8.90. The number of phenolic OH excluding ortho intramolecular Hbond substituents is 1. The van der Waals surface area contributed by atoms with Gasteiger partial charge in [0.1, 0.15) is 17.8 Å². The smallest absolute Gasteiger partial charge is 0.330 e. The van der Waals surface area contributed by atoms with E-state index in [0.29, 0.717) is 0 Å². The Bertz CT molecular complexity index is 3080. The number of nitrogens with one attached hydrogen (secondary N) is 5. The first-order chi connectivity index (χ1) is 36.3. The van der Waals surface area contributed by atoms with Gasteiger partial charge in [-0.05, 0) is 97.2 Å². The van der Waals surface area contributed by atoms with Crippen LogP contribution in [0.3, 0.4) is 0 Å². The predicted octanol–water partition coefficient (Wildman–Crippen LogP) is 5.31. The first-order valence-corrected chi connectivity index (χ1v) is 26.5. The van der Waals surface area contributed by atoms with Crippen LogP contribution in [0.15, 0.2) is 132 Å². The molecule has 0 aliphatic carbocycles. The topological polar surface area (TPSA) is 267 Å². The number of fused-ring (bicyclic) bond motifs is 2. The summed E-state index contributed by atoms with van der Waals surface area (Å²) in [6.45, 7) is 6.92. The first-order valence-electron chi connectivity index (χ1n) is 25.0. The lowest BCUT2D eigenvalue weighted by Gasteiger charge is -2.28. The molecule has 5 aromatic rings. The van der Waals surface area contributed by atoms with Crippen LogP contribution in [0.5, 0.6) is 5.75 Å². The third-order valence-corrected chi connectivity index (χ3v) is 14.2. The molecule has 4 atom stereocenters. The zero-order chi connectivity index (χ0) is 54.7. The van der Waals surface area contributed by atoms with Crippen molar-refractivity contribution in [3.05, 3.63) is 161 Å². The summed E-state index contributed by atoms with van der Waals surface area (Å²) in [5.41, 5.74) is 1.47. The summed E-state index contributed by atoms with van der Waals surface area (Å²) >= 11 is 0. The van der Waals surface area contributed by atoms with Gasteiger partial charge in [-0.2, -0.15) is 0 Å². The Morgan fingerprint density at radius 1 is 0.526 bits per heavy atom. The van der Waals surface area contributed by atoms with Crippen molar-refractivity contribution < 1.29 is 56.6 Å². The largest absolute Gasteiger partial charge is 0.508 e. The number of esters is 2. The van der Waals surface area contributed by atoms with E-state index in [1.54, 1.807) is 18.2 Å². The molecule has 6 N–H and O–H groups in total. The summed E-state index contributed by atoms with van der Waals surface area (Å²) in [5.74, 6) is -6.81. The fourth-order valence-corrected chi connectivity index (χ4v) is 9.97. The van der Waals surface area contributed by atoms with Gasteiger partial charge in [0.05, 0.1) is 39.2 Å². The van der Waals surface area contributed by atoms with Gasteiger partial charge in [0.2, 0.25) is 11.8 Å². The van der Waals surface area contributed by atoms with E-state index in [2.05, 4.69) is 26.0 Å². The van der Waals surface area contributed by atoms with Crippen LogP contribution >= 0.6 is 0 Å². The van der Waals surface area contributed by atoms with Crippen LogP contribution in [0.1, 0.15) is 106 Å². The summed E-state index contributed by atoms with van der Waals surface area (Å²) in [5, 5.41) is 21.9. The van der Waals surface area contributed by atoms with Crippen LogP contribution in [0.4, 0.5) is 5.69 Å². The first kappa shape index (κ1) is 55.7. The number of amides is 6. The van der Waals surface area contributed by atoms with E-state index in [-0.39, 0.29) is 95.7 Å². The van der Waals surface area contributed by atoms with Crippen LogP contribution in [0.25, 0.3) is 0 Å². The zero-order valence-corrected chi connectivity index (χ0v) is 43.3. The number of phenols is 1. The Morgan fingerprint density at radius 2 is 0.934 bits per heavy atom. The highest BCUT2D eigenvalue weighted by atomic mass is 32.2. The van der Waals surface area contributed by atoms with Gasteiger partial charge in [-0.15, -0.1) is 0 Å². The quantitative estimate of drug-likeness (QED) is 0.0246. The molecule has 76 heavy (non-hydrogen) atoms. The minimum absolute atomic E-state index is 0.0139. The van der Waals surface area contributed by atoms with E-state index in [4.69, 9.17) is 4.74 Å². The number of hydrogen-bond acceptors (Lipinski definition) is 14. The molecule has 19 nitrogen and oxygen atoms in total. The minimum Gasteiger partial charge on any atom is -0.508 e. The molecular weight excluding hydrogens is 995 g/mol. The molecule has 0 bridgehead atoms. The molecule has 20 heteroatoms. The van der Waals surface area contributed by atoms with Crippen LogP contribution in [-0.2, 0) is 47.0 Å². The molecule has 0 spiro atoms. The Balaban J connectivity index is 1.15. The lowest BCUT2D eigenvalue weighted by Crippen LogP contribution is -2.55. The lowest BCUT2D eigenvalue weighted by atomic mass is 10.0. The van der Waals surface area contributed by atoms with E-state index in [0.717, 1.165) is 27.0 Å². The molecule has 6 amide bonds. The highest BCUT2D eigenvalue weighted by molar-refractivity contribution is 7.92. The number of carbonyl (C=O) groups is 8. The molecule has 2 heterocycles. The summed E-state index contributed by atoms with van der Waals surface area (Å²) < 4.78 is 34.3. The summed E-state index contributed by atoms with van der Waals surface area (Å²) in [7, 11) is -4.07. The van der Waals surface area contributed by atoms with Crippen molar-refractivity contribution in [3.8, 4) is 5.75 Å².